The van der Waals surface area contributed by atoms with E-state index >= 15 is 0 Å². The normalized spacial score (nSPS) is 10.1. The smallest absolute Gasteiger partial charge is 0.387 e. The third kappa shape index (κ3) is 2.99. The summed E-state index contributed by atoms with van der Waals surface area (Å²) in [6.45, 7) is -1.19. The molecule has 0 fully saturated rings. The van der Waals surface area contributed by atoms with Crippen LogP contribution in [0.3, 0.4) is 0 Å². The summed E-state index contributed by atoms with van der Waals surface area (Å²) in [5, 5.41) is 0. The molecule has 1 aromatic carbocycles. The summed E-state index contributed by atoms with van der Waals surface area (Å²) in [5.74, 6) is -0.361. The first kappa shape index (κ1) is 13.1. The van der Waals surface area contributed by atoms with Gasteiger partial charge in [0.05, 0.1) is 17.7 Å². The molecule has 92 valence electrons. The van der Waals surface area contributed by atoms with E-state index in [1.54, 1.807) is 6.92 Å². The molecule has 0 bridgehead atoms. The first-order chi connectivity index (χ1) is 8.13. The van der Waals surface area contributed by atoms with Crippen molar-refractivity contribution in [3.05, 3.63) is 23.3 Å². The molecule has 1 aromatic rings. The molecule has 0 spiro atoms. The highest BCUT2D eigenvalue weighted by Gasteiger charge is 2.18. The molecule has 0 radical (unpaired) electrons. The van der Waals surface area contributed by atoms with Gasteiger partial charge >= 0.3 is 6.61 Å². The minimum atomic E-state index is -3.12. The minimum absolute atomic E-state index is 0.101. The van der Waals surface area contributed by atoms with Gasteiger partial charge < -0.3 is 9.47 Å². The van der Waals surface area contributed by atoms with Crippen LogP contribution in [0, 0.1) is 0 Å². The molecule has 0 aliphatic rings. The Kier molecular flexibility index (Phi) is 4.56. The summed E-state index contributed by atoms with van der Waals surface area (Å²) in [4.78, 5) is 21.5. The molecule has 0 N–H and O–H groups in total. The van der Waals surface area contributed by atoms with Crippen LogP contribution in [0.25, 0.3) is 0 Å². The molecule has 0 saturated heterocycles. The highest BCUT2D eigenvalue weighted by Crippen LogP contribution is 2.31. The fourth-order valence-corrected chi connectivity index (χ4v) is 1.30. The van der Waals surface area contributed by atoms with Crippen molar-refractivity contribution in [3.63, 3.8) is 0 Å². The third-order valence-electron chi connectivity index (χ3n) is 1.94. The summed E-state index contributed by atoms with van der Waals surface area (Å²) in [6, 6.07) is 2.61. The average molecular weight is 244 g/mol. The molecule has 0 amide bonds. The van der Waals surface area contributed by atoms with Crippen LogP contribution in [-0.4, -0.2) is 25.8 Å². The molecular weight excluding hydrogens is 234 g/mol. The fourth-order valence-electron chi connectivity index (χ4n) is 1.30. The van der Waals surface area contributed by atoms with Crippen molar-refractivity contribution in [1.82, 2.24) is 0 Å². The van der Waals surface area contributed by atoms with Crippen LogP contribution < -0.4 is 9.47 Å². The maximum absolute atomic E-state index is 12.2. The van der Waals surface area contributed by atoms with Gasteiger partial charge in [-0.25, -0.2) is 0 Å². The van der Waals surface area contributed by atoms with E-state index in [2.05, 4.69) is 4.74 Å². The lowest BCUT2D eigenvalue weighted by Gasteiger charge is -2.13. The Morgan fingerprint density at radius 2 is 2.00 bits per heavy atom. The zero-order chi connectivity index (χ0) is 12.8. The van der Waals surface area contributed by atoms with Crippen LogP contribution in [0.1, 0.15) is 27.6 Å². The number of benzene rings is 1. The van der Waals surface area contributed by atoms with E-state index in [0.29, 0.717) is 12.6 Å². The molecule has 6 heteroatoms. The van der Waals surface area contributed by atoms with Crippen molar-refractivity contribution >= 4 is 12.6 Å². The van der Waals surface area contributed by atoms with E-state index in [4.69, 9.17) is 4.74 Å². The number of halogens is 2. The van der Waals surface area contributed by atoms with Crippen LogP contribution in [-0.2, 0) is 0 Å². The second-order valence-corrected chi connectivity index (χ2v) is 2.94. The summed E-state index contributed by atoms with van der Waals surface area (Å²) < 4.78 is 33.6. The molecule has 0 saturated carbocycles. The Morgan fingerprint density at radius 1 is 1.29 bits per heavy atom. The maximum Gasteiger partial charge on any atom is 0.387 e. The fraction of sp³-hybridized carbons (Fsp3) is 0.273. The van der Waals surface area contributed by atoms with Gasteiger partial charge in [0.15, 0.2) is 18.3 Å². The number of ether oxygens (including phenoxy) is 2. The Morgan fingerprint density at radius 3 is 2.47 bits per heavy atom. The topological polar surface area (TPSA) is 52.6 Å². The predicted molar refractivity (Wildman–Crippen MR) is 55.0 cm³/mol. The molecule has 17 heavy (non-hydrogen) atoms. The van der Waals surface area contributed by atoms with E-state index in [1.165, 1.54) is 12.1 Å². The molecule has 0 aromatic heterocycles. The Labute approximate surface area is 96.1 Å². The maximum atomic E-state index is 12.2. The van der Waals surface area contributed by atoms with Gasteiger partial charge in [-0.05, 0) is 19.1 Å². The van der Waals surface area contributed by atoms with Gasteiger partial charge in [-0.15, -0.1) is 0 Å². The summed E-state index contributed by atoms with van der Waals surface area (Å²) in [6.07, 6.45) is 0.649. The highest BCUT2D eigenvalue weighted by molar-refractivity contribution is 5.91. The van der Waals surface area contributed by atoms with Crippen molar-refractivity contribution < 1.29 is 27.8 Å². The first-order valence-corrected chi connectivity index (χ1v) is 4.79. The number of aldehydes is 2. The molecule has 4 nitrogen and oxygen atoms in total. The molecule has 0 atom stereocenters. The number of hydrogen-bond donors (Lipinski definition) is 0. The molecule has 0 unspecified atom stereocenters. The van der Waals surface area contributed by atoms with Gasteiger partial charge in [0.2, 0.25) is 0 Å². The van der Waals surface area contributed by atoms with Gasteiger partial charge in [-0.1, -0.05) is 0 Å². The Balaban J connectivity index is 3.31. The van der Waals surface area contributed by atoms with Crippen molar-refractivity contribution in [2.75, 3.05) is 6.61 Å². The number of carbonyl (C=O) groups excluding carboxylic acids is 2. The third-order valence-corrected chi connectivity index (χ3v) is 1.94. The SMILES string of the molecule is CCOc1ccc(C=O)c(OC(F)F)c1C=O. The van der Waals surface area contributed by atoms with Crippen molar-refractivity contribution in [3.8, 4) is 11.5 Å². The van der Waals surface area contributed by atoms with Crippen LogP contribution in [0.15, 0.2) is 12.1 Å². The number of carbonyl (C=O) groups is 2. The van der Waals surface area contributed by atoms with Crippen LogP contribution in [0.5, 0.6) is 11.5 Å². The zero-order valence-electron chi connectivity index (χ0n) is 8.98. The quantitative estimate of drug-likeness (QED) is 0.720. The van der Waals surface area contributed by atoms with E-state index in [9.17, 15) is 18.4 Å². The van der Waals surface area contributed by atoms with E-state index in [1.807, 2.05) is 0 Å². The van der Waals surface area contributed by atoms with Crippen LogP contribution in [0.2, 0.25) is 0 Å². The lowest BCUT2D eigenvalue weighted by Crippen LogP contribution is -2.08. The molecule has 0 aliphatic heterocycles. The molecule has 0 aliphatic carbocycles. The van der Waals surface area contributed by atoms with E-state index < -0.39 is 12.4 Å². The Bertz CT molecular complexity index is 418. The van der Waals surface area contributed by atoms with Gasteiger partial charge in [0, 0.05) is 0 Å². The Hall–Kier alpha value is -1.98. The lowest BCUT2D eigenvalue weighted by molar-refractivity contribution is -0.0503. The monoisotopic (exact) mass is 244 g/mol. The average Bonchev–Trinajstić information content (AvgIpc) is 2.29. The summed E-state index contributed by atoms with van der Waals surface area (Å²) >= 11 is 0. The molecule has 0 heterocycles. The standard InChI is InChI=1S/C11H10F2O4/c1-2-16-9-4-3-7(5-14)10(8(9)6-15)17-11(12)13/h3-6,11H,2H2,1H3. The largest absolute Gasteiger partial charge is 0.493 e. The second-order valence-electron chi connectivity index (χ2n) is 2.94. The minimum Gasteiger partial charge on any atom is -0.493 e. The lowest BCUT2D eigenvalue weighted by atomic mass is 10.1. The van der Waals surface area contributed by atoms with Gasteiger partial charge in [-0.3, -0.25) is 9.59 Å². The molecule has 1 rings (SSSR count). The van der Waals surface area contributed by atoms with E-state index in [-0.39, 0.29) is 23.5 Å². The highest BCUT2D eigenvalue weighted by atomic mass is 19.3. The number of alkyl halides is 2. The van der Waals surface area contributed by atoms with Crippen molar-refractivity contribution in [1.29, 1.82) is 0 Å². The van der Waals surface area contributed by atoms with E-state index in [0.717, 1.165) is 0 Å². The summed E-state index contributed by atoms with van der Waals surface area (Å²) in [5.41, 5.74) is -0.326. The van der Waals surface area contributed by atoms with Crippen LogP contribution in [0.4, 0.5) is 8.78 Å². The van der Waals surface area contributed by atoms with Crippen molar-refractivity contribution in [2.24, 2.45) is 0 Å². The van der Waals surface area contributed by atoms with Gasteiger partial charge in [0.25, 0.3) is 0 Å². The molecular formula is C11H10F2O4. The zero-order valence-corrected chi connectivity index (χ0v) is 8.98. The van der Waals surface area contributed by atoms with Crippen molar-refractivity contribution in [2.45, 2.75) is 13.5 Å². The number of hydrogen-bond acceptors (Lipinski definition) is 4. The van der Waals surface area contributed by atoms with Crippen LogP contribution >= 0.6 is 0 Å². The second kappa shape index (κ2) is 5.93. The van der Waals surface area contributed by atoms with Gasteiger partial charge in [0.1, 0.15) is 5.75 Å². The first-order valence-electron chi connectivity index (χ1n) is 4.79. The summed E-state index contributed by atoms with van der Waals surface area (Å²) in [7, 11) is 0. The predicted octanol–water partition coefficient (Wildman–Crippen LogP) is 2.31. The number of rotatable bonds is 6. The van der Waals surface area contributed by atoms with Gasteiger partial charge in [-0.2, -0.15) is 8.78 Å².